The number of carbonyl (C=O) groups excluding carboxylic acids is 2. The van der Waals surface area contributed by atoms with Gasteiger partial charge in [0.2, 0.25) is 5.91 Å². The lowest BCUT2D eigenvalue weighted by Crippen LogP contribution is -2.38. The Kier molecular flexibility index (Phi) is 11.3. The predicted molar refractivity (Wildman–Crippen MR) is 148 cm³/mol. The van der Waals surface area contributed by atoms with Crippen LogP contribution in [0.1, 0.15) is 53.9 Å². The fraction of sp³-hybridized carbons (Fsp3) is 0.355. The summed E-state index contributed by atoms with van der Waals surface area (Å²) in [5.74, 6) is -0.189. The zero-order valence-electron chi connectivity index (χ0n) is 22.4. The third-order valence-corrected chi connectivity index (χ3v) is 6.05. The van der Waals surface area contributed by atoms with Crippen LogP contribution in [-0.4, -0.2) is 48.1 Å². The summed E-state index contributed by atoms with van der Waals surface area (Å²) >= 11 is 0. The second-order valence-electron chi connectivity index (χ2n) is 9.43. The predicted octanol–water partition coefficient (Wildman–Crippen LogP) is 4.75. The van der Waals surface area contributed by atoms with E-state index in [1.165, 1.54) is 0 Å². The fourth-order valence-electron chi connectivity index (χ4n) is 3.95. The maximum absolute atomic E-state index is 12.7. The van der Waals surface area contributed by atoms with Gasteiger partial charge in [0.1, 0.15) is 17.9 Å². The van der Waals surface area contributed by atoms with E-state index < -0.39 is 12.1 Å². The molecule has 0 bridgehead atoms. The maximum Gasteiger partial charge on any atom is 0.341 e. The summed E-state index contributed by atoms with van der Waals surface area (Å²) in [6.07, 6.45) is -0.865. The number of hydrogen-bond acceptors (Lipinski definition) is 6. The molecule has 0 saturated carbocycles. The quantitative estimate of drug-likeness (QED) is 0.300. The topological polar surface area (TPSA) is 88.1 Å². The van der Waals surface area contributed by atoms with Gasteiger partial charge in [0.05, 0.1) is 12.7 Å². The number of rotatable bonds is 14. The minimum absolute atomic E-state index is 0.00428. The Hall–Kier alpha value is -3.68. The molecule has 0 aliphatic heterocycles. The van der Waals surface area contributed by atoms with Crippen molar-refractivity contribution < 1.29 is 24.2 Å². The van der Waals surface area contributed by atoms with Gasteiger partial charge in [0.15, 0.2) is 0 Å². The van der Waals surface area contributed by atoms with Gasteiger partial charge in [0.25, 0.3) is 0 Å². The van der Waals surface area contributed by atoms with Crippen molar-refractivity contribution >= 4 is 11.9 Å². The van der Waals surface area contributed by atoms with E-state index in [4.69, 9.17) is 9.47 Å². The molecule has 1 amide bonds. The van der Waals surface area contributed by atoms with E-state index >= 15 is 0 Å². The number of benzene rings is 3. The number of nitrogens with zero attached hydrogens (tertiary/aromatic N) is 1. The molecule has 3 aromatic rings. The summed E-state index contributed by atoms with van der Waals surface area (Å²) in [4.78, 5) is 26.9. The van der Waals surface area contributed by atoms with Crippen LogP contribution in [0.2, 0.25) is 0 Å². The third kappa shape index (κ3) is 9.01. The van der Waals surface area contributed by atoms with E-state index in [1.807, 2.05) is 74.5 Å². The second kappa shape index (κ2) is 14.9. The number of aliphatic hydroxyl groups excluding tert-OH is 1. The van der Waals surface area contributed by atoms with E-state index in [0.717, 1.165) is 11.1 Å². The number of nitrogens with one attached hydrogen (secondary N) is 1. The monoisotopic (exact) mass is 518 g/mol. The summed E-state index contributed by atoms with van der Waals surface area (Å²) in [5.41, 5.74) is 2.95. The van der Waals surface area contributed by atoms with Crippen molar-refractivity contribution in [2.45, 2.75) is 40.0 Å². The van der Waals surface area contributed by atoms with Crippen molar-refractivity contribution in [3.05, 3.63) is 101 Å². The Morgan fingerprint density at radius 2 is 1.61 bits per heavy atom. The molecule has 2 N–H and O–H groups in total. The molecule has 0 aromatic heterocycles. The molecule has 0 radical (unpaired) electrons. The third-order valence-electron chi connectivity index (χ3n) is 6.05. The van der Waals surface area contributed by atoms with Gasteiger partial charge in [-0.25, -0.2) is 4.79 Å². The van der Waals surface area contributed by atoms with E-state index in [1.54, 1.807) is 25.1 Å². The first kappa shape index (κ1) is 28.9. The number of amides is 1. The molecule has 3 aromatic carbocycles. The minimum atomic E-state index is -0.865. The van der Waals surface area contributed by atoms with Crippen molar-refractivity contribution in [2.24, 2.45) is 5.92 Å². The molecular formula is C31H38N2O5. The van der Waals surface area contributed by atoms with Gasteiger partial charge in [-0.15, -0.1) is 0 Å². The van der Waals surface area contributed by atoms with Crippen LogP contribution in [0.3, 0.4) is 0 Å². The van der Waals surface area contributed by atoms with Gasteiger partial charge in [-0.2, -0.15) is 0 Å². The molecule has 0 heterocycles. The molecule has 1 unspecified atom stereocenters. The largest absolute Gasteiger partial charge is 0.488 e. The Morgan fingerprint density at radius 1 is 0.947 bits per heavy atom. The van der Waals surface area contributed by atoms with Crippen LogP contribution in [0, 0.1) is 5.92 Å². The Balaban J connectivity index is 1.75. The van der Waals surface area contributed by atoms with Crippen LogP contribution in [0.5, 0.6) is 5.75 Å². The maximum atomic E-state index is 12.7. The van der Waals surface area contributed by atoms with Crippen molar-refractivity contribution in [2.75, 3.05) is 26.2 Å². The first-order valence-corrected chi connectivity index (χ1v) is 13.1. The Labute approximate surface area is 225 Å². The summed E-state index contributed by atoms with van der Waals surface area (Å²) in [5, 5.41) is 14.1. The van der Waals surface area contributed by atoms with Gasteiger partial charge < -0.3 is 19.9 Å². The van der Waals surface area contributed by atoms with Gasteiger partial charge in [0, 0.05) is 32.1 Å². The molecular weight excluding hydrogens is 480 g/mol. The van der Waals surface area contributed by atoms with Gasteiger partial charge in [-0.1, -0.05) is 80.6 Å². The van der Waals surface area contributed by atoms with Crippen molar-refractivity contribution in [3.8, 4) is 5.75 Å². The van der Waals surface area contributed by atoms with Gasteiger partial charge >= 0.3 is 5.97 Å². The standard InChI is InChI=1S/C31H38N2O5/c1-4-37-31(36)27-19-26(15-16-29(27)38-22-25-13-9-6-10-14-25)28(34)21-33(18-17-32-30(35)23(2)3)20-24-11-7-5-8-12-24/h5-16,19,23,28,34H,4,17-18,20-22H2,1-3H3,(H,32,35). The van der Waals surface area contributed by atoms with E-state index in [-0.39, 0.29) is 24.0 Å². The summed E-state index contributed by atoms with van der Waals surface area (Å²) in [7, 11) is 0. The molecule has 0 saturated heterocycles. The van der Waals surface area contributed by atoms with Crippen molar-refractivity contribution in [1.29, 1.82) is 0 Å². The van der Waals surface area contributed by atoms with Crippen LogP contribution in [0.4, 0.5) is 0 Å². The minimum Gasteiger partial charge on any atom is -0.488 e. The number of esters is 1. The highest BCUT2D eigenvalue weighted by molar-refractivity contribution is 5.92. The van der Waals surface area contributed by atoms with E-state index in [0.29, 0.717) is 44.1 Å². The summed E-state index contributed by atoms with van der Waals surface area (Å²) in [6.45, 7) is 7.96. The zero-order chi connectivity index (χ0) is 27.3. The Morgan fingerprint density at radius 3 is 2.24 bits per heavy atom. The summed E-state index contributed by atoms with van der Waals surface area (Å²) in [6, 6.07) is 24.8. The average molecular weight is 519 g/mol. The molecule has 0 spiro atoms. The molecule has 0 aliphatic rings. The molecule has 38 heavy (non-hydrogen) atoms. The van der Waals surface area contributed by atoms with Crippen LogP contribution >= 0.6 is 0 Å². The highest BCUT2D eigenvalue weighted by Gasteiger charge is 2.20. The van der Waals surface area contributed by atoms with E-state index in [9.17, 15) is 14.7 Å². The average Bonchev–Trinajstić information content (AvgIpc) is 2.92. The molecule has 7 nitrogen and oxygen atoms in total. The lowest BCUT2D eigenvalue weighted by Gasteiger charge is -2.26. The number of hydrogen-bond donors (Lipinski definition) is 2. The van der Waals surface area contributed by atoms with Crippen molar-refractivity contribution in [3.63, 3.8) is 0 Å². The SMILES string of the molecule is CCOC(=O)c1cc(C(O)CN(CCNC(=O)C(C)C)Cc2ccccc2)ccc1OCc1ccccc1. The number of aliphatic hydroxyl groups is 1. The second-order valence-corrected chi connectivity index (χ2v) is 9.43. The number of carbonyl (C=O) groups is 2. The first-order valence-electron chi connectivity index (χ1n) is 13.1. The van der Waals surface area contributed by atoms with E-state index in [2.05, 4.69) is 10.2 Å². The molecule has 3 rings (SSSR count). The molecule has 7 heteroatoms. The Bertz CT molecular complexity index is 1150. The highest BCUT2D eigenvalue weighted by Crippen LogP contribution is 2.26. The van der Waals surface area contributed by atoms with Crippen LogP contribution < -0.4 is 10.1 Å². The highest BCUT2D eigenvalue weighted by atomic mass is 16.5. The first-order chi connectivity index (χ1) is 18.4. The molecule has 0 aliphatic carbocycles. The van der Waals surface area contributed by atoms with Crippen LogP contribution in [-0.2, 0) is 22.7 Å². The van der Waals surface area contributed by atoms with Crippen LogP contribution in [0.15, 0.2) is 78.9 Å². The zero-order valence-corrected chi connectivity index (χ0v) is 22.4. The fourth-order valence-corrected chi connectivity index (χ4v) is 3.95. The molecule has 202 valence electrons. The number of ether oxygens (including phenoxy) is 2. The molecule has 0 fully saturated rings. The van der Waals surface area contributed by atoms with Crippen molar-refractivity contribution in [1.82, 2.24) is 10.2 Å². The van der Waals surface area contributed by atoms with Gasteiger partial charge in [-0.3, -0.25) is 9.69 Å². The van der Waals surface area contributed by atoms with Crippen LogP contribution in [0.25, 0.3) is 0 Å². The summed E-state index contributed by atoms with van der Waals surface area (Å²) < 4.78 is 11.2. The normalized spacial score (nSPS) is 11.8. The lowest BCUT2D eigenvalue weighted by molar-refractivity contribution is -0.124. The molecule has 1 atom stereocenters. The van der Waals surface area contributed by atoms with Gasteiger partial charge in [-0.05, 0) is 35.7 Å². The lowest BCUT2D eigenvalue weighted by atomic mass is 10.0. The smallest absolute Gasteiger partial charge is 0.341 e.